The average molecular weight is 112 g/mol. The van der Waals surface area contributed by atoms with Gasteiger partial charge in [0.2, 0.25) is 0 Å². The van der Waals surface area contributed by atoms with Gasteiger partial charge in [0.15, 0.2) is 0 Å². The van der Waals surface area contributed by atoms with Crippen molar-refractivity contribution in [2.45, 2.75) is 6.92 Å². The second-order valence-electron chi connectivity index (χ2n) is 2.68. The largest absolute Gasteiger partial charge is 0.465 e. The Morgan fingerprint density at radius 3 is 2.75 bits per heavy atom. The second-order valence-corrected chi connectivity index (χ2v) is 2.68. The van der Waals surface area contributed by atoms with Crippen molar-refractivity contribution in [1.29, 1.82) is 0 Å². The van der Waals surface area contributed by atoms with Crippen molar-refractivity contribution in [2.75, 3.05) is 6.61 Å². The quantitative estimate of drug-likeness (QED) is 0.425. The van der Waals surface area contributed by atoms with Crippen LogP contribution in [-0.4, -0.2) is 12.6 Å². The number of esters is 1. The van der Waals surface area contributed by atoms with Crippen LogP contribution in [0.5, 0.6) is 0 Å². The average Bonchev–Trinajstić information content (AvgIpc) is 2.13. The van der Waals surface area contributed by atoms with E-state index in [1.165, 1.54) is 0 Å². The van der Waals surface area contributed by atoms with Crippen LogP contribution in [-0.2, 0) is 9.53 Å². The molecule has 3 atom stereocenters. The molecule has 2 heteroatoms. The minimum atomic E-state index is 0.0301. The zero-order chi connectivity index (χ0) is 5.72. The van der Waals surface area contributed by atoms with E-state index in [2.05, 4.69) is 6.92 Å². The van der Waals surface area contributed by atoms with E-state index >= 15 is 0 Å². The molecule has 0 unspecified atom stereocenters. The van der Waals surface area contributed by atoms with E-state index in [1.807, 2.05) is 0 Å². The molecule has 1 saturated carbocycles. The summed E-state index contributed by atoms with van der Waals surface area (Å²) < 4.78 is 4.75. The first kappa shape index (κ1) is 4.36. The molecule has 1 heterocycles. The van der Waals surface area contributed by atoms with Crippen molar-refractivity contribution in [3.8, 4) is 0 Å². The van der Waals surface area contributed by atoms with Gasteiger partial charge >= 0.3 is 5.97 Å². The van der Waals surface area contributed by atoms with Gasteiger partial charge in [0, 0.05) is 5.92 Å². The van der Waals surface area contributed by atoms with Crippen LogP contribution in [0.1, 0.15) is 6.92 Å². The zero-order valence-corrected chi connectivity index (χ0v) is 4.76. The van der Waals surface area contributed by atoms with E-state index < -0.39 is 0 Å². The molecule has 8 heavy (non-hydrogen) atoms. The second kappa shape index (κ2) is 1.07. The van der Waals surface area contributed by atoms with Gasteiger partial charge in [-0.25, -0.2) is 0 Å². The van der Waals surface area contributed by atoms with Crippen molar-refractivity contribution >= 4 is 5.97 Å². The van der Waals surface area contributed by atoms with E-state index in [9.17, 15) is 4.79 Å². The van der Waals surface area contributed by atoms with Crippen molar-refractivity contribution in [1.82, 2.24) is 0 Å². The molecule has 0 bridgehead atoms. The molecule has 1 aliphatic heterocycles. The van der Waals surface area contributed by atoms with E-state index in [0.717, 1.165) is 0 Å². The van der Waals surface area contributed by atoms with E-state index in [-0.39, 0.29) is 11.9 Å². The van der Waals surface area contributed by atoms with Crippen LogP contribution < -0.4 is 0 Å². The highest BCUT2D eigenvalue weighted by atomic mass is 16.5. The summed E-state index contributed by atoms with van der Waals surface area (Å²) in [6.45, 7) is 2.79. The molecule has 2 aliphatic rings. The fourth-order valence-electron chi connectivity index (χ4n) is 1.47. The lowest BCUT2D eigenvalue weighted by Crippen LogP contribution is -2.02. The number of carbonyl (C=O) groups excluding carboxylic acids is 1. The molecule has 2 nitrogen and oxygen atoms in total. The van der Waals surface area contributed by atoms with Crippen LogP contribution in [0, 0.1) is 17.8 Å². The van der Waals surface area contributed by atoms with Crippen LogP contribution >= 0.6 is 0 Å². The number of hydrogen-bond donors (Lipinski definition) is 0. The molecule has 0 aromatic heterocycles. The molecule has 0 aromatic rings. The predicted molar refractivity (Wildman–Crippen MR) is 27.1 cm³/mol. The van der Waals surface area contributed by atoms with Crippen molar-refractivity contribution < 1.29 is 9.53 Å². The molecular formula is C6H8O2. The van der Waals surface area contributed by atoms with E-state index in [0.29, 0.717) is 18.4 Å². The minimum Gasteiger partial charge on any atom is -0.465 e. The third-order valence-corrected chi connectivity index (χ3v) is 2.25. The minimum absolute atomic E-state index is 0.0301. The molecule has 44 valence electrons. The van der Waals surface area contributed by atoms with Gasteiger partial charge in [-0.15, -0.1) is 0 Å². The highest BCUT2D eigenvalue weighted by Crippen LogP contribution is 2.50. The molecular weight excluding hydrogens is 104 g/mol. The fraction of sp³-hybridized carbons (Fsp3) is 0.833. The summed E-state index contributed by atoms with van der Waals surface area (Å²) in [6.07, 6.45) is 0. The highest BCUT2D eigenvalue weighted by Gasteiger charge is 2.57. The summed E-state index contributed by atoms with van der Waals surface area (Å²) in [5.74, 6) is 1.52. The van der Waals surface area contributed by atoms with Gasteiger partial charge in [0.25, 0.3) is 0 Å². The monoisotopic (exact) mass is 112 g/mol. The van der Waals surface area contributed by atoms with Gasteiger partial charge in [-0.05, 0) is 5.92 Å². The van der Waals surface area contributed by atoms with Gasteiger partial charge in [-0.1, -0.05) is 6.92 Å². The first-order valence-electron chi connectivity index (χ1n) is 2.97. The van der Waals surface area contributed by atoms with Crippen LogP contribution in [0.2, 0.25) is 0 Å². The lowest BCUT2D eigenvalue weighted by Gasteiger charge is -1.94. The maximum absolute atomic E-state index is 10.6. The Balaban J connectivity index is 2.18. The topological polar surface area (TPSA) is 26.3 Å². The van der Waals surface area contributed by atoms with Gasteiger partial charge in [0.05, 0.1) is 12.5 Å². The van der Waals surface area contributed by atoms with Crippen molar-refractivity contribution in [2.24, 2.45) is 17.8 Å². The highest BCUT2D eigenvalue weighted by molar-refractivity contribution is 5.78. The molecule has 0 radical (unpaired) electrons. The Hall–Kier alpha value is -0.530. The Morgan fingerprint density at radius 1 is 1.75 bits per heavy atom. The third-order valence-electron chi connectivity index (χ3n) is 2.25. The lowest BCUT2D eigenvalue weighted by atomic mass is 10.3. The predicted octanol–water partition coefficient (Wildman–Crippen LogP) is 0.425. The molecule has 2 rings (SSSR count). The maximum Gasteiger partial charge on any atom is 0.309 e. The first-order chi connectivity index (χ1) is 3.80. The standard InChI is InChI=1S/C6H8O2/c1-3-4-2-8-6(7)5(3)4/h3-5H,2H2,1H3/t3-,4+,5-/m0/s1. The smallest absolute Gasteiger partial charge is 0.309 e. The van der Waals surface area contributed by atoms with Crippen LogP contribution in [0.25, 0.3) is 0 Å². The van der Waals surface area contributed by atoms with Gasteiger partial charge in [-0.3, -0.25) is 4.79 Å². The Bertz CT molecular complexity index is 141. The molecule has 2 fully saturated rings. The molecule has 0 N–H and O–H groups in total. The number of hydrogen-bond acceptors (Lipinski definition) is 2. The summed E-state index contributed by atoms with van der Waals surface area (Å²) in [7, 11) is 0. The van der Waals surface area contributed by atoms with E-state index in [4.69, 9.17) is 4.74 Å². The number of fused-ring (bicyclic) bond motifs is 1. The summed E-state index contributed by atoms with van der Waals surface area (Å²) in [4.78, 5) is 10.6. The molecule has 0 spiro atoms. The number of carbonyl (C=O) groups is 1. The Morgan fingerprint density at radius 2 is 2.50 bits per heavy atom. The van der Waals surface area contributed by atoms with Gasteiger partial charge in [0.1, 0.15) is 0 Å². The van der Waals surface area contributed by atoms with Crippen LogP contribution in [0.4, 0.5) is 0 Å². The zero-order valence-electron chi connectivity index (χ0n) is 4.76. The summed E-state index contributed by atoms with van der Waals surface area (Å²) in [6, 6.07) is 0. The number of ether oxygens (including phenoxy) is 1. The first-order valence-corrected chi connectivity index (χ1v) is 2.97. The molecule has 0 amide bonds. The lowest BCUT2D eigenvalue weighted by molar-refractivity contribution is -0.141. The number of cyclic esters (lactones) is 1. The van der Waals surface area contributed by atoms with Crippen LogP contribution in [0.3, 0.4) is 0 Å². The van der Waals surface area contributed by atoms with Crippen molar-refractivity contribution in [3.63, 3.8) is 0 Å². The van der Waals surface area contributed by atoms with Gasteiger partial charge in [-0.2, -0.15) is 0 Å². The Labute approximate surface area is 47.8 Å². The summed E-state index contributed by atoms with van der Waals surface area (Å²) >= 11 is 0. The van der Waals surface area contributed by atoms with Crippen LogP contribution in [0.15, 0.2) is 0 Å². The fourth-order valence-corrected chi connectivity index (χ4v) is 1.47. The molecule has 0 aromatic carbocycles. The third kappa shape index (κ3) is 0.320. The maximum atomic E-state index is 10.6. The summed E-state index contributed by atoms with van der Waals surface area (Å²) in [5.41, 5.74) is 0. The van der Waals surface area contributed by atoms with E-state index in [1.54, 1.807) is 0 Å². The van der Waals surface area contributed by atoms with Crippen molar-refractivity contribution in [3.05, 3.63) is 0 Å². The SMILES string of the molecule is C[C@H]1[C@H]2COC(=O)[C@@H]12. The molecule has 1 aliphatic carbocycles. The normalized spacial score (nSPS) is 50.6. The molecule has 1 saturated heterocycles. The number of rotatable bonds is 0. The van der Waals surface area contributed by atoms with Gasteiger partial charge < -0.3 is 4.74 Å². The summed E-state index contributed by atoms with van der Waals surface area (Å²) in [5, 5.41) is 0. The Kier molecular flexibility index (Phi) is 0.581.